The molecule has 1 heteroatoms. The molecule has 0 rings (SSSR count). The highest BCUT2D eigenvalue weighted by Gasteiger charge is 2.19. The van der Waals surface area contributed by atoms with Gasteiger partial charge in [0.25, 0.3) is 0 Å². The van der Waals surface area contributed by atoms with Gasteiger partial charge in [-0.3, -0.25) is 4.79 Å². The van der Waals surface area contributed by atoms with E-state index in [4.69, 9.17) is 0 Å². The molecule has 0 amide bonds. The van der Waals surface area contributed by atoms with Crippen molar-refractivity contribution in [2.45, 2.75) is 80.1 Å². The quantitative estimate of drug-likeness (QED) is 0.570. The predicted octanol–water partition coefficient (Wildman–Crippen LogP) is 4.99. The van der Waals surface area contributed by atoms with Crippen LogP contribution in [0, 0.1) is 10.8 Å². The first kappa shape index (κ1) is 15.7. The molecule has 0 aromatic carbocycles. The molecule has 0 radical (unpaired) electrons. The average molecular weight is 226 g/mol. The van der Waals surface area contributed by atoms with Crippen molar-refractivity contribution in [2.24, 2.45) is 10.8 Å². The first-order chi connectivity index (χ1) is 7.22. The molecule has 16 heavy (non-hydrogen) atoms. The summed E-state index contributed by atoms with van der Waals surface area (Å²) in [6, 6.07) is 0. The molecule has 96 valence electrons. The van der Waals surface area contributed by atoms with E-state index in [2.05, 4.69) is 41.5 Å². The van der Waals surface area contributed by atoms with Gasteiger partial charge in [-0.2, -0.15) is 0 Å². The van der Waals surface area contributed by atoms with E-state index in [-0.39, 0.29) is 0 Å². The van der Waals surface area contributed by atoms with Crippen molar-refractivity contribution in [3.63, 3.8) is 0 Å². The van der Waals surface area contributed by atoms with Crippen LogP contribution in [0.2, 0.25) is 0 Å². The summed E-state index contributed by atoms with van der Waals surface area (Å²) >= 11 is 0. The zero-order valence-corrected chi connectivity index (χ0v) is 12.2. The fourth-order valence-electron chi connectivity index (χ4n) is 1.43. The Morgan fingerprint density at radius 1 is 0.812 bits per heavy atom. The molecular weight excluding hydrogens is 196 g/mol. The molecule has 0 saturated heterocycles. The Kier molecular flexibility index (Phi) is 6.28. The van der Waals surface area contributed by atoms with Gasteiger partial charge in [0.2, 0.25) is 0 Å². The highest BCUT2D eigenvalue weighted by molar-refractivity contribution is 5.78. The van der Waals surface area contributed by atoms with Crippen LogP contribution in [0.3, 0.4) is 0 Å². The molecular formula is C15H30O. The lowest BCUT2D eigenvalue weighted by atomic mass is 9.81. The molecule has 0 aromatic rings. The monoisotopic (exact) mass is 226 g/mol. The number of hydrogen-bond donors (Lipinski definition) is 0. The summed E-state index contributed by atoms with van der Waals surface area (Å²) < 4.78 is 0. The summed E-state index contributed by atoms with van der Waals surface area (Å²) in [6.45, 7) is 13.4. The molecule has 0 aromatic heterocycles. The zero-order chi connectivity index (χ0) is 12.8. The Morgan fingerprint density at radius 3 is 1.38 bits per heavy atom. The minimum atomic E-state index is 0.329. The molecule has 0 heterocycles. The lowest BCUT2D eigenvalue weighted by Crippen LogP contribution is -2.15. The van der Waals surface area contributed by atoms with Crippen molar-refractivity contribution in [2.75, 3.05) is 0 Å². The zero-order valence-electron chi connectivity index (χ0n) is 12.2. The smallest absolute Gasteiger partial charge is 0.132 e. The number of Topliss-reactive ketones (excluding diaryl/α,β-unsaturated/α-hetero) is 1. The van der Waals surface area contributed by atoms with Crippen molar-refractivity contribution in [3.8, 4) is 0 Å². The number of ketones is 1. The molecule has 0 bridgehead atoms. The normalized spacial score (nSPS) is 12.9. The molecule has 1 nitrogen and oxygen atoms in total. The standard InChI is InChI=1S/C15H30O/c1-7-14(3,4)11-9-13(16)10-12-15(5,6)8-2/h7-12H2,1-6H3. The second-order valence-electron chi connectivity index (χ2n) is 6.57. The fraction of sp³-hybridized carbons (Fsp3) is 0.933. The van der Waals surface area contributed by atoms with Gasteiger partial charge < -0.3 is 0 Å². The van der Waals surface area contributed by atoms with E-state index in [1.54, 1.807) is 0 Å². The third-order valence-electron chi connectivity index (χ3n) is 4.08. The van der Waals surface area contributed by atoms with Crippen LogP contribution in [-0.4, -0.2) is 5.78 Å². The Labute approximate surface area is 102 Å². The Balaban J connectivity index is 3.85. The van der Waals surface area contributed by atoms with Gasteiger partial charge in [-0.25, -0.2) is 0 Å². The minimum absolute atomic E-state index is 0.329. The molecule has 0 atom stereocenters. The van der Waals surface area contributed by atoms with E-state index in [0.717, 1.165) is 38.5 Å². The largest absolute Gasteiger partial charge is 0.300 e. The van der Waals surface area contributed by atoms with Crippen LogP contribution in [0.5, 0.6) is 0 Å². The number of carbonyl (C=O) groups excluding carboxylic acids is 1. The SMILES string of the molecule is CCC(C)(C)CCC(=O)CCC(C)(C)CC. The number of hydrogen-bond acceptors (Lipinski definition) is 1. The topological polar surface area (TPSA) is 17.1 Å². The van der Waals surface area contributed by atoms with Crippen molar-refractivity contribution in [1.82, 2.24) is 0 Å². The second kappa shape index (κ2) is 6.42. The maximum Gasteiger partial charge on any atom is 0.132 e. The van der Waals surface area contributed by atoms with Gasteiger partial charge in [0.05, 0.1) is 0 Å². The lowest BCUT2D eigenvalue weighted by molar-refractivity contribution is -0.120. The fourth-order valence-corrected chi connectivity index (χ4v) is 1.43. The van der Waals surface area contributed by atoms with Gasteiger partial charge in [-0.1, -0.05) is 54.4 Å². The summed E-state index contributed by atoms with van der Waals surface area (Å²) in [5.41, 5.74) is 0.659. The first-order valence-corrected chi connectivity index (χ1v) is 6.74. The van der Waals surface area contributed by atoms with E-state index in [0.29, 0.717) is 16.6 Å². The van der Waals surface area contributed by atoms with Crippen molar-refractivity contribution in [1.29, 1.82) is 0 Å². The molecule has 0 spiro atoms. The average Bonchev–Trinajstić information content (AvgIpc) is 2.24. The highest BCUT2D eigenvalue weighted by atomic mass is 16.1. The third-order valence-corrected chi connectivity index (χ3v) is 4.08. The lowest BCUT2D eigenvalue weighted by Gasteiger charge is -2.24. The van der Waals surface area contributed by atoms with Crippen LogP contribution >= 0.6 is 0 Å². The maximum atomic E-state index is 11.8. The summed E-state index contributed by atoms with van der Waals surface area (Å²) in [4.78, 5) is 11.8. The van der Waals surface area contributed by atoms with Crippen LogP contribution in [-0.2, 0) is 4.79 Å². The molecule has 0 aliphatic carbocycles. The molecule has 0 unspecified atom stereocenters. The van der Waals surface area contributed by atoms with E-state index < -0.39 is 0 Å². The summed E-state index contributed by atoms with van der Waals surface area (Å²) in [7, 11) is 0. The van der Waals surface area contributed by atoms with Gasteiger partial charge in [0, 0.05) is 12.8 Å². The molecule has 0 aliphatic rings. The first-order valence-electron chi connectivity index (χ1n) is 6.74. The number of carbonyl (C=O) groups is 1. The van der Waals surface area contributed by atoms with Crippen LogP contribution in [0.15, 0.2) is 0 Å². The summed E-state index contributed by atoms with van der Waals surface area (Å²) in [5, 5.41) is 0. The van der Waals surface area contributed by atoms with Gasteiger partial charge in [-0.15, -0.1) is 0 Å². The van der Waals surface area contributed by atoms with Crippen molar-refractivity contribution < 1.29 is 4.79 Å². The van der Waals surface area contributed by atoms with Crippen LogP contribution in [0.4, 0.5) is 0 Å². The highest BCUT2D eigenvalue weighted by Crippen LogP contribution is 2.29. The van der Waals surface area contributed by atoms with Crippen LogP contribution < -0.4 is 0 Å². The molecule has 0 fully saturated rings. The molecule has 0 N–H and O–H groups in total. The maximum absolute atomic E-state index is 11.8. The predicted molar refractivity (Wildman–Crippen MR) is 71.6 cm³/mol. The van der Waals surface area contributed by atoms with Crippen LogP contribution in [0.25, 0.3) is 0 Å². The van der Waals surface area contributed by atoms with E-state index in [9.17, 15) is 4.79 Å². The van der Waals surface area contributed by atoms with Gasteiger partial charge in [0.1, 0.15) is 5.78 Å². The van der Waals surface area contributed by atoms with Gasteiger partial charge in [0.15, 0.2) is 0 Å². The van der Waals surface area contributed by atoms with Crippen LogP contribution in [0.1, 0.15) is 80.1 Å². The van der Waals surface area contributed by atoms with E-state index in [1.165, 1.54) is 0 Å². The Morgan fingerprint density at radius 2 is 1.12 bits per heavy atom. The summed E-state index contributed by atoms with van der Waals surface area (Å²) in [6.07, 6.45) is 5.91. The van der Waals surface area contributed by atoms with Crippen molar-refractivity contribution >= 4 is 5.78 Å². The second-order valence-corrected chi connectivity index (χ2v) is 6.57. The van der Waals surface area contributed by atoms with E-state index >= 15 is 0 Å². The van der Waals surface area contributed by atoms with E-state index in [1.807, 2.05) is 0 Å². The Bertz CT molecular complexity index is 191. The Hall–Kier alpha value is -0.330. The number of rotatable bonds is 8. The molecule has 0 aliphatic heterocycles. The van der Waals surface area contributed by atoms with Gasteiger partial charge in [-0.05, 0) is 23.7 Å². The third kappa shape index (κ3) is 7.03. The van der Waals surface area contributed by atoms with Crippen molar-refractivity contribution in [3.05, 3.63) is 0 Å². The molecule has 0 saturated carbocycles. The summed E-state index contributed by atoms with van der Waals surface area (Å²) in [5.74, 6) is 0.447. The van der Waals surface area contributed by atoms with Gasteiger partial charge >= 0.3 is 0 Å². The minimum Gasteiger partial charge on any atom is -0.300 e.